The van der Waals surface area contributed by atoms with Crippen LogP contribution < -0.4 is 11.1 Å². The third kappa shape index (κ3) is 6.27. The Kier molecular flexibility index (Phi) is 7.01. The minimum atomic E-state index is 0.0200. The largest absolute Gasteiger partial charge is 0.399 e. The van der Waals surface area contributed by atoms with E-state index in [1.54, 1.807) is 0 Å². The minimum Gasteiger partial charge on any atom is -0.399 e. The van der Waals surface area contributed by atoms with Gasteiger partial charge in [0.1, 0.15) is 0 Å². The summed E-state index contributed by atoms with van der Waals surface area (Å²) in [6.45, 7) is 4.18. The summed E-state index contributed by atoms with van der Waals surface area (Å²) >= 11 is 0. The van der Waals surface area contributed by atoms with Gasteiger partial charge in [0.05, 0.1) is 6.04 Å². The first kappa shape index (κ1) is 15.5. The van der Waals surface area contributed by atoms with Crippen LogP contribution in [0.25, 0.3) is 0 Å². The molecule has 0 bridgehead atoms. The summed E-state index contributed by atoms with van der Waals surface area (Å²) < 4.78 is 0. The topological polar surface area (TPSA) is 55.1 Å². The number of unbranched alkanes of at least 4 members (excludes halogenated alkanes) is 4. The van der Waals surface area contributed by atoms with Crippen LogP contribution in [0.1, 0.15) is 64.0 Å². The van der Waals surface area contributed by atoms with Crippen LogP contribution >= 0.6 is 0 Å². The molecule has 1 aromatic carbocycles. The summed E-state index contributed by atoms with van der Waals surface area (Å²) in [6, 6.07) is 7.69. The smallest absolute Gasteiger partial charge is 0.220 e. The number of carbonyl (C=O) groups is 1. The highest BCUT2D eigenvalue weighted by atomic mass is 16.1. The van der Waals surface area contributed by atoms with Crippen LogP contribution in [-0.4, -0.2) is 5.91 Å². The maximum absolute atomic E-state index is 11.8. The number of benzene rings is 1. The molecule has 3 nitrogen and oxygen atoms in total. The van der Waals surface area contributed by atoms with E-state index in [2.05, 4.69) is 12.2 Å². The molecule has 0 aliphatic rings. The minimum absolute atomic E-state index is 0.0200. The van der Waals surface area contributed by atoms with Gasteiger partial charge in [0.15, 0.2) is 0 Å². The lowest BCUT2D eigenvalue weighted by molar-refractivity contribution is -0.121. The quantitative estimate of drug-likeness (QED) is 0.553. The lowest BCUT2D eigenvalue weighted by Gasteiger charge is -2.14. The predicted octanol–water partition coefficient (Wildman–Crippen LogP) is 3.81. The fourth-order valence-electron chi connectivity index (χ4n) is 2.11. The van der Waals surface area contributed by atoms with Crippen molar-refractivity contribution in [1.82, 2.24) is 5.32 Å². The molecule has 0 spiro atoms. The van der Waals surface area contributed by atoms with E-state index < -0.39 is 0 Å². The first-order valence-electron chi connectivity index (χ1n) is 7.28. The SMILES string of the molecule is CCCCCCCC(=O)NC(C)c1cccc(N)c1. The summed E-state index contributed by atoms with van der Waals surface area (Å²) in [7, 11) is 0. The number of hydrogen-bond acceptors (Lipinski definition) is 2. The van der Waals surface area contributed by atoms with Gasteiger partial charge in [-0.05, 0) is 31.0 Å². The van der Waals surface area contributed by atoms with E-state index in [-0.39, 0.29) is 11.9 Å². The van der Waals surface area contributed by atoms with Gasteiger partial charge in [-0.15, -0.1) is 0 Å². The molecule has 3 heteroatoms. The van der Waals surface area contributed by atoms with Crippen LogP contribution in [0.15, 0.2) is 24.3 Å². The van der Waals surface area contributed by atoms with Gasteiger partial charge in [-0.1, -0.05) is 44.7 Å². The average Bonchev–Trinajstić information content (AvgIpc) is 2.38. The molecule has 1 atom stereocenters. The van der Waals surface area contributed by atoms with E-state index >= 15 is 0 Å². The fraction of sp³-hybridized carbons (Fsp3) is 0.562. The first-order chi connectivity index (χ1) is 9.13. The molecular formula is C16H26N2O. The van der Waals surface area contributed by atoms with E-state index in [9.17, 15) is 4.79 Å². The van der Waals surface area contributed by atoms with Crippen molar-refractivity contribution in [3.63, 3.8) is 0 Å². The van der Waals surface area contributed by atoms with Crippen LogP contribution in [0.3, 0.4) is 0 Å². The summed E-state index contributed by atoms with van der Waals surface area (Å²) in [5, 5.41) is 3.02. The maximum Gasteiger partial charge on any atom is 0.220 e. The first-order valence-corrected chi connectivity index (χ1v) is 7.28. The molecule has 3 N–H and O–H groups in total. The molecule has 106 valence electrons. The Morgan fingerprint density at radius 2 is 2.00 bits per heavy atom. The highest BCUT2D eigenvalue weighted by molar-refractivity contribution is 5.76. The summed E-state index contributed by atoms with van der Waals surface area (Å²) in [6.07, 6.45) is 6.48. The van der Waals surface area contributed by atoms with Crippen molar-refractivity contribution in [3.8, 4) is 0 Å². The average molecular weight is 262 g/mol. The molecule has 19 heavy (non-hydrogen) atoms. The Hall–Kier alpha value is -1.51. The molecule has 1 rings (SSSR count). The van der Waals surface area contributed by atoms with Crippen molar-refractivity contribution < 1.29 is 4.79 Å². The number of amides is 1. The zero-order valence-electron chi connectivity index (χ0n) is 12.1. The van der Waals surface area contributed by atoms with E-state index in [1.165, 1.54) is 19.3 Å². The van der Waals surface area contributed by atoms with E-state index in [0.29, 0.717) is 6.42 Å². The predicted molar refractivity (Wildman–Crippen MR) is 80.8 cm³/mol. The molecule has 0 aliphatic heterocycles. The number of nitrogens with two attached hydrogens (primary N) is 1. The van der Waals surface area contributed by atoms with Gasteiger partial charge in [0, 0.05) is 12.1 Å². The van der Waals surface area contributed by atoms with Gasteiger partial charge in [0.2, 0.25) is 5.91 Å². The van der Waals surface area contributed by atoms with Crippen LogP contribution in [-0.2, 0) is 4.79 Å². The number of nitrogens with one attached hydrogen (secondary N) is 1. The Morgan fingerprint density at radius 3 is 2.68 bits per heavy atom. The Balaban J connectivity index is 2.28. The molecule has 1 amide bonds. The van der Waals surface area contributed by atoms with Gasteiger partial charge in [-0.3, -0.25) is 4.79 Å². The van der Waals surface area contributed by atoms with Crippen molar-refractivity contribution in [2.24, 2.45) is 0 Å². The highest BCUT2D eigenvalue weighted by Crippen LogP contribution is 2.15. The second kappa shape index (κ2) is 8.57. The van der Waals surface area contributed by atoms with Crippen LogP contribution in [0, 0.1) is 0 Å². The number of nitrogen functional groups attached to an aromatic ring is 1. The standard InChI is InChI=1S/C16H26N2O/c1-3-4-5-6-7-11-16(19)18-13(2)14-9-8-10-15(17)12-14/h8-10,12-13H,3-7,11,17H2,1-2H3,(H,18,19). The number of hydrogen-bond donors (Lipinski definition) is 2. The lowest BCUT2D eigenvalue weighted by Crippen LogP contribution is -2.26. The van der Waals surface area contributed by atoms with Crippen molar-refractivity contribution >= 4 is 11.6 Å². The van der Waals surface area contributed by atoms with Crippen LogP contribution in [0.4, 0.5) is 5.69 Å². The number of carbonyl (C=O) groups excluding carboxylic acids is 1. The fourth-order valence-corrected chi connectivity index (χ4v) is 2.11. The number of anilines is 1. The summed E-state index contributed by atoms with van der Waals surface area (Å²) in [5.74, 6) is 0.131. The Morgan fingerprint density at radius 1 is 1.26 bits per heavy atom. The third-order valence-electron chi connectivity index (χ3n) is 3.30. The van der Waals surface area contributed by atoms with Gasteiger partial charge < -0.3 is 11.1 Å². The monoisotopic (exact) mass is 262 g/mol. The normalized spacial score (nSPS) is 12.1. The molecule has 0 saturated carbocycles. The summed E-state index contributed by atoms with van der Waals surface area (Å²) in [5.41, 5.74) is 7.53. The van der Waals surface area contributed by atoms with Gasteiger partial charge in [-0.2, -0.15) is 0 Å². The van der Waals surface area contributed by atoms with E-state index in [1.807, 2.05) is 31.2 Å². The summed E-state index contributed by atoms with van der Waals surface area (Å²) in [4.78, 5) is 11.8. The molecular weight excluding hydrogens is 236 g/mol. The van der Waals surface area contributed by atoms with Crippen LogP contribution in [0.2, 0.25) is 0 Å². The van der Waals surface area contributed by atoms with Crippen molar-refractivity contribution in [2.45, 2.75) is 58.4 Å². The lowest BCUT2D eigenvalue weighted by atomic mass is 10.1. The van der Waals surface area contributed by atoms with Gasteiger partial charge >= 0.3 is 0 Å². The third-order valence-corrected chi connectivity index (χ3v) is 3.30. The van der Waals surface area contributed by atoms with Gasteiger partial charge in [-0.25, -0.2) is 0 Å². The molecule has 0 radical (unpaired) electrons. The molecule has 0 saturated heterocycles. The Labute approximate surface area is 116 Å². The molecule has 0 fully saturated rings. The molecule has 0 heterocycles. The van der Waals surface area contributed by atoms with Gasteiger partial charge in [0.25, 0.3) is 0 Å². The number of rotatable bonds is 8. The van der Waals surface area contributed by atoms with E-state index in [4.69, 9.17) is 5.73 Å². The molecule has 0 aromatic heterocycles. The second-order valence-electron chi connectivity index (χ2n) is 5.12. The molecule has 1 unspecified atom stereocenters. The van der Waals surface area contributed by atoms with E-state index in [0.717, 1.165) is 24.1 Å². The highest BCUT2D eigenvalue weighted by Gasteiger charge is 2.09. The zero-order valence-corrected chi connectivity index (χ0v) is 12.1. The van der Waals surface area contributed by atoms with Crippen LogP contribution in [0.5, 0.6) is 0 Å². The Bertz CT molecular complexity index is 390. The maximum atomic E-state index is 11.8. The van der Waals surface area contributed by atoms with Crippen molar-refractivity contribution in [2.75, 3.05) is 5.73 Å². The zero-order chi connectivity index (χ0) is 14.1. The molecule has 1 aromatic rings. The van der Waals surface area contributed by atoms with Crippen molar-refractivity contribution in [3.05, 3.63) is 29.8 Å². The second-order valence-corrected chi connectivity index (χ2v) is 5.12. The van der Waals surface area contributed by atoms with Crippen molar-refractivity contribution in [1.29, 1.82) is 0 Å². The molecule has 0 aliphatic carbocycles.